The van der Waals surface area contributed by atoms with Gasteiger partial charge in [-0.3, -0.25) is 4.79 Å². The summed E-state index contributed by atoms with van der Waals surface area (Å²) in [6.45, 7) is 2.97. The fourth-order valence-corrected chi connectivity index (χ4v) is 1.89. The molecule has 0 radical (unpaired) electrons. The molecule has 1 aromatic carbocycles. The van der Waals surface area contributed by atoms with Gasteiger partial charge in [-0.2, -0.15) is 0 Å². The number of carbonyl (C=O) groups is 1. The van der Waals surface area contributed by atoms with Crippen molar-refractivity contribution in [1.29, 1.82) is 0 Å². The van der Waals surface area contributed by atoms with E-state index in [1.54, 1.807) is 36.4 Å². The van der Waals surface area contributed by atoms with Gasteiger partial charge >= 0.3 is 0 Å². The van der Waals surface area contributed by atoms with Crippen molar-refractivity contribution in [1.82, 2.24) is 10.2 Å². The van der Waals surface area contributed by atoms with E-state index < -0.39 is 0 Å². The van der Waals surface area contributed by atoms with Crippen molar-refractivity contribution in [2.75, 3.05) is 17.2 Å². The van der Waals surface area contributed by atoms with Crippen molar-refractivity contribution in [3.8, 4) is 0 Å². The third kappa shape index (κ3) is 4.72. The third-order valence-corrected chi connectivity index (χ3v) is 3.05. The summed E-state index contributed by atoms with van der Waals surface area (Å²) in [5, 5.41) is 14.3. The van der Waals surface area contributed by atoms with E-state index >= 15 is 0 Å². The van der Waals surface area contributed by atoms with Crippen molar-refractivity contribution in [2.45, 2.75) is 19.8 Å². The first-order chi connectivity index (χ1) is 10.2. The standard InChI is InChI=1S/C15H17ClN4O/c1-2-3-9-17-14-8-7-13(19-20-14)15(21)18-12-6-4-5-11(16)10-12/h4-8,10H,2-3,9H2,1H3,(H,17,20)(H,18,21). The lowest BCUT2D eigenvalue weighted by Gasteiger charge is -2.06. The SMILES string of the molecule is CCCCNc1ccc(C(=O)Nc2cccc(Cl)c2)nn1. The molecule has 5 nitrogen and oxygen atoms in total. The van der Waals surface area contributed by atoms with Crippen LogP contribution in [0.1, 0.15) is 30.3 Å². The van der Waals surface area contributed by atoms with E-state index in [0.717, 1.165) is 19.4 Å². The van der Waals surface area contributed by atoms with Gasteiger partial charge in [0.15, 0.2) is 5.69 Å². The van der Waals surface area contributed by atoms with Crippen molar-refractivity contribution in [2.24, 2.45) is 0 Å². The molecule has 0 unspecified atom stereocenters. The van der Waals surface area contributed by atoms with Crippen molar-refractivity contribution < 1.29 is 4.79 Å². The summed E-state index contributed by atoms with van der Waals surface area (Å²) in [6, 6.07) is 10.3. The molecule has 0 atom stereocenters. The molecule has 110 valence electrons. The summed E-state index contributed by atoms with van der Waals surface area (Å²) in [6.07, 6.45) is 2.18. The van der Waals surface area contributed by atoms with Gasteiger partial charge < -0.3 is 10.6 Å². The third-order valence-electron chi connectivity index (χ3n) is 2.82. The molecule has 2 rings (SSSR count). The lowest BCUT2D eigenvalue weighted by atomic mass is 10.3. The molecule has 0 aliphatic heterocycles. The molecule has 2 aromatic rings. The van der Waals surface area contributed by atoms with E-state index in [9.17, 15) is 4.79 Å². The Morgan fingerprint density at radius 1 is 1.24 bits per heavy atom. The molecule has 0 fully saturated rings. The minimum atomic E-state index is -0.315. The summed E-state index contributed by atoms with van der Waals surface area (Å²) in [5.41, 5.74) is 0.885. The Balaban J connectivity index is 1.96. The summed E-state index contributed by atoms with van der Waals surface area (Å²) in [5.74, 6) is 0.354. The van der Waals surface area contributed by atoms with Crippen LogP contribution in [0.3, 0.4) is 0 Å². The van der Waals surface area contributed by atoms with Gasteiger partial charge in [-0.1, -0.05) is 31.0 Å². The number of hydrogen-bond acceptors (Lipinski definition) is 4. The minimum Gasteiger partial charge on any atom is -0.369 e. The molecule has 21 heavy (non-hydrogen) atoms. The first kappa shape index (κ1) is 15.3. The molecule has 0 saturated carbocycles. The number of halogens is 1. The molecular formula is C15H17ClN4O. The van der Waals surface area contributed by atoms with E-state index in [4.69, 9.17) is 11.6 Å². The number of carbonyl (C=O) groups excluding carboxylic acids is 1. The lowest BCUT2D eigenvalue weighted by molar-refractivity contribution is 0.102. The molecule has 0 aliphatic rings. The maximum absolute atomic E-state index is 12.0. The molecule has 1 aromatic heterocycles. The molecule has 0 bridgehead atoms. The smallest absolute Gasteiger partial charge is 0.276 e. The fraction of sp³-hybridized carbons (Fsp3) is 0.267. The molecule has 0 saturated heterocycles. The summed E-state index contributed by atoms with van der Waals surface area (Å²) >= 11 is 5.87. The van der Waals surface area contributed by atoms with E-state index in [-0.39, 0.29) is 11.6 Å². The number of rotatable bonds is 6. The molecule has 6 heteroatoms. The number of nitrogens with one attached hydrogen (secondary N) is 2. The first-order valence-corrected chi connectivity index (χ1v) is 7.21. The van der Waals surface area contributed by atoms with Crippen molar-refractivity contribution in [3.05, 3.63) is 47.1 Å². The maximum atomic E-state index is 12.0. The number of amides is 1. The van der Waals surface area contributed by atoms with E-state index in [2.05, 4.69) is 27.8 Å². The van der Waals surface area contributed by atoms with Gasteiger partial charge in [0.1, 0.15) is 5.82 Å². The second-order valence-electron chi connectivity index (χ2n) is 4.55. The topological polar surface area (TPSA) is 66.9 Å². The van der Waals surface area contributed by atoms with Crippen molar-refractivity contribution >= 4 is 29.0 Å². The lowest BCUT2D eigenvalue weighted by Crippen LogP contribution is -2.15. The molecular weight excluding hydrogens is 288 g/mol. The highest BCUT2D eigenvalue weighted by atomic mass is 35.5. The Labute approximate surface area is 128 Å². The second-order valence-corrected chi connectivity index (χ2v) is 4.99. The predicted octanol–water partition coefficient (Wildman–Crippen LogP) is 3.59. The quantitative estimate of drug-likeness (QED) is 0.800. The highest BCUT2D eigenvalue weighted by Crippen LogP contribution is 2.15. The van der Waals surface area contributed by atoms with Gasteiger partial charge in [0.05, 0.1) is 0 Å². The Bertz CT molecular complexity index is 601. The number of hydrogen-bond donors (Lipinski definition) is 2. The van der Waals surface area contributed by atoms with Crippen LogP contribution < -0.4 is 10.6 Å². The normalized spacial score (nSPS) is 10.2. The summed E-state index contributed by atoms with van der Waals surface area (Å²) in [4.78, 5) is 12.0. The number of benzene rings is 1. The Morgan fingerprint density at radius 3 is 2.76 bits per heavy atom. The molecule has 0 spiro atoms. The summed E-state index contributed by atoms with van der Waals surface area (Å²) < 4.78 is 0. The van der Waals surface area contributed by atoms with E-state index in [1.165, 1.54) is 0 Å². The number of unbranched alkanes of at least 4 members (excludes halogenated alkanes) is 1. The number of aromatic nitrogens is 2. The van der Waals surface area contributed by atoms with Gasteiger partial charge in [0.2, 0.25) is 0 Å². The van der Waals surface area contributed by atoms with Crippen LogP contribution in [0.2, 0.25) is 5.02 Å². The highest BCUT2D eigenvalue weighted by Gasteiger charge is 2.08. The van der Waals surface area contributed by atoms with Gasteiger partial charge in [-0.25, -0.2) is 0 Å². The van der Waals surface area contributed by atoms with Crippen LogP contribution in [0.25, 0.3) is 0 Å². The Hall–Kier alpha value is -2.14. The Morgan fingerprint density at radius 2 is 2.10 bits per heavy atom. The zero-order valence-electron chi connectivity index (χ0n) is 11.8. The predicted molar refractivity (Wildman–Crippen MR) is 84.8 cm³/mol. The molecule has 1 amide bonds. The van der Waals surface area contributed by atoms with Crippen LogP contribution in [0.5, 0.6) is 0 Å². The molecule has 2 N–H and O–H groups in total. The summed E-state index contributed by atoms with van der Waals surface area (Å²) in [7, 11) is 0. The average molecular weight is 305 g/mol. The van der Waals surface area contributed by atoms with E-state index in [1.807, 2.05) is 0 Å². The van der Waals surface area contributed by atoms with E-state index in [0.29, 0.717) is 16.5 Å². The van der Waals surface area contributed by atoms with Crippen LogP contribution in [-0.2, 0) is 0 Å². The minimum absolute atomic E-state index is 0.260. The zero-order chi connectivity index (χ0) is 15.1. The molecule has 0 aliphatic carbocycles. The largest absolute Gasteiger partial charge is 0.369 e. The maximum Gasteiger partial charge on any atom is 0.276 e. The van der Waals surface area contributed by atoms with Crippen molar-refractivity contribution in [3.63, 3.8) is 0 Å². The van der Waals surface area contributed by atoms with Crippen LogP contribution in [0.15, 0.2) is 36.4 Å². The van der Waals surface area contributed by atoms with Gasteiger partial charge in [-0.15, -0.1) is 10.2 Å². The highest BCUT2D eigenvalue weighted by molar-refractivity contribution is 6.30. The number of anilines is 2. The van der Waals surface area contributed by atoms with Gasteiger partial charge in [-0.05, 0) is 36.8 Å². The number of nitrogens with zero attached hydrogens (tertiary/aromatic N) is 2. The average Bonchev–Trinajstić information content (AvgIpc) is 2.48. The Kier molecular flexibility index (Phi) is 5.51. The zero-order valence-corrected chi connectivity index (χ0v) is 12.5. The van der Waals surface area contributed by atoms with Gasteiger partial charge in [0.25, 0.3) is 5.91 Å². The van der Waals surface area contributed by atoms with Crippen LogP contribution in [0, 0.1) is 0 Å². The fourth-order valence-electron chi connectivity index (χ4n) is 1.70. The van der Waals surface area contributed by atoms with Gasteiger partial charge in [0, 0.05) is 17.3 Å². The first-order valence-electron chi connectivity index (χ1n) is 6.83. The molecule has 1 heterocycles. The van der Waals surface area contributed by atoms with Crippen LogP contribution in [-0.4, -0.2) is 22.6 Å². The van der Waals surface area contributed by atoms with Crippen LogP contribution >= 0.6 is 11.6 Å². The van der Waals surface area contributed by atoms with Crippen LogP contribution in [0.4, 0.5) is 11.5 Å². The second kappa shape index (κ2) is 7.59. The monoisotopic (exact) mass is 304 g/mol.